The Morgan fingerprint density at radius 1 is 1.54 bits per heavy atom. The van der Waals surface area contributed by atoms with Crippen LogP contribution in [0, 0.1) is 6.92 Å². The summed E-state index contributed by atoms with van der Waals surface area (Å²) in [5, 5.41) is 0. The third-order valence-corrected chi connectivity index (χ3v) is 2.35. The van der Waals surface area contributed by atoms with Crippen molar-refractivity contribution < 1.29 is 4.74 Å². The normalized spacial score (nSPS) is 16.7. The number of pyridine rings is 1. The summed E-state index contributed by atoms with van der Waals surface area (Å²) in [4.78, 5) is 4.15. The monoisotopic (exact) mass is 178 g/mol. The highest BCUT2D eigenvalue weighted by molar-refractivity contribution is 5.49. The van der Waals surface area contributed by atoms with E-state index in [0.717, 1.165) is 18.4 Å². The molecule has 2 N–H and O–H groups in total. The van der Waals surface area contributed by atoms with Crippen molar-refractivity contribution in [3.05, 3.63) is 17.8 Å². The van der Waals surface area contributed by atoms with Gasteiger partial charge in [-0.15, -0.1) is 0 Å². The maximum absolute atomic E-state index is 5.76. The molecule has 0 saturated heterocycles. The molecule has 1 aromatic heterocycles. The fourth-order valence-corrected chi connectivity index (χ4v) is 1.32. The lowest BCUT2D eigenvalue weighted by atomic mass is 9.96. The first-order valence-electron chi connectivity index (χ1n) is 4.64. The van der Waals surface area contributed by atoms with E-state index in [2.05, 4.69) is 4.98 Å². The highest BCUT2D eigenvalue weighted by Crippen LogP contribution is 2.27. The third-order valence-electron chi connectivity index (χ3n) is 2.35. The van der Waals surface area contributed by atoms with Crippen molar-refractivity contribution >= 4 is 5.69 Å². The molecule has 0 atom stereocenters. The summed E-state index contributed by atoms with van der Waals surface area (Å²) in [5.41, 5.74) is 7.47. The molecular formula is C10H14N2O. The van der Waals surface area contributed by atoms with E-state index in [-0.39, 0.29) is 0 Å². The van der Waals surface area contributed by atoms with Crippen LogP contribution in [0.1, 0.15) is 24.8 Å². The smallest absolute Gasteiger partial charge is 0.237 e. The minimum absolute atomic E-state index is 0.345. The van der Waals surface area contributed by atoms with Crippen LogP contribution in [-0.2, 0) is 0 Å². The summed E-state index contributed by atoms with van der Waals surface area (Å²) in [7, 11) is 0. The Morgan fingerprint density at radius 2 is 2.31 bits per heavy atom. The van der Waals surface area contributed by atoms with Gasteiger partial charge in [-0.25, -0.2) is 4.98 Å². The second-order valence-corrected chi connectivity index (χ2v) is 3.58. The number of ether oxygens (including phenoxy) is 1. The molecule has 1 fully saturated rings. The first-order chi connectivity index (χ1) is 6.25. The number of aromatic nitrogens is 1. The molecule has 0 spiro atoms. The fourth-order valence-electron chi connectivity index (χ4n) is 1.32. The summed E-state index contributed by atoms with van der Waals surface area (Å²) in [5.74, 6) is 0.593. The van der Waals surface area contributed by atoms with E-state index in [9.17, 15) is 0 Å². The van der Waals surface area contributed by atoms with Crippen LogP contribution < -0.4 is 10.5 Å². The zero-order valence-electron chi connectivity index (χ0n) is 7.79. The minimum Gasteiger partial charge on any atom is -0.473 e. The predicted molar refractivity (Wildman–Crippen MR) is 51.7 cm³/mol. The van der Waals surface area contributed by atoms with Crippen molar-refractivity contribution in [2.45, 2.75) is 32.3 Å². The molecule has 1 aliphatic rings. The molecule has 0 unspecified atom stereocenters. The van der Waals surface area contributed by atoms with Crippen LogP contribution in [0.3, 0.4) is 0 Å². The molecule has 3 nitrogen and oxygen atoms in total. The van der Waals surface area contributed by atoms with E-state index in [0.29, 0.717) is 17.7 Å². The Bertz CT molecular complexity index is 308. The second kappa shape index (κ2) is 3.24. The zero-order chi connectivity index (χ0) is 9.26. The van der Waals surface area contributed by atoms with Gasteiger partial charge in [0, 0.05) is 6.20 Å². The molecule has 2 rings (SSSR count). The molecule has 1 aromatic rings. The van der Waals surface area contributed by atoms with Crippen LogP contribution in [0.4, 0.5) is 5.69 Å². The Hall–Kier alpha value is -1.25. The quantitative estimate of drug-likeness (QED) is 0.752. The molecule has 70 valence electrons. The van der Waals surface area contributed by atoms with Gasteiger partial charge in [0.25, 0.3) is 0 Å². The molecule has 0 aromatic carbocycles. The highest BCUT2D eigenvalue weighted by atomic mass is 16.5. The van der Waals surface area contributed by atoms with Gasteiger partial charge in [0.2, 0.25) is 5.88 Å². The topological polar surface area (TPSA) is 48.1 Å². The van der Waals surface area contributed by atoms with Crippen molar-refractivity contribution in [2.75, 3.05) is 5.73 Å². The lowest BCUT2D eigenvalue weighted by Crippen LogP contribution is -2.25. The van der Waals surface area contributed by atoms with Crippen molar-refractivity contribution in [2.24, 2.45) is 0 Å². The fraction of sp³-hybridized carbons (Fsp3) is 0.500. The van der Waals surface area contributed by atoms with Crippen LogP contribution in [0.15, 0.2) is 12.3 Å². The molecule has 0 amide bonds. The number of nitrogens with two attached hydrogens (primary N) is 1. The summed E-state index contributed by atoms with van der Waals surface area (Å²) in [6.45, 7) is 1.97. The van der Waals surface area contributed by atoms with Crippen molar-refractivity contribution in [1.82, 2.24) is 4.98 Å². The summed E-state index contributed by atoms with van der Waals surface area (Å²) in [6, 6.07) is 1.89. The maximum Gasteiger partial charge on any atom is 0.237 e. The molecule has 13 heavy (non-hydrogen) atoms. The first-order valence-corrected chi connectivity index (χ1v) is 4.64. The lowest BCUT2D eigenvalue weighted by Gasteiger charge is -2.26. The lowest BCUT2D eigenvalue weighted by molar-refractivity contribution is 0.115. The van der Waals surface area contributed by atoms with Crippen molar-refractivity contribution in [3.8, 4) is 5.88 Å². The van der Waals surface area contributed by atoms with E-state index in [1.807, 2.05) is 13.0 Å². The Kier molecular flexibility index (Phi) is 2.08. The van der Waals surface area contributed by atoms with Gasteiger partial charge in [-0.05, 0) is 37.8 Å². The largest absolute Gasteiger partial charge is 0.473 e. The molecule has 1 saturated carbocycles. The van der Waals surface area contributed by atoms with E-state index < -0.39 is 0 Å². The number of rotatable bonds is 2. The van der Waals surface area contributed by atoms with E-state index in [1.54, 1.807) is 6.20 Å². The maximum atomic E-state index is 5.76. The van der Waals surface area contributed by atoms with Gasteiger partial charge in [0.05, 0.1) is 5.69 Å². The molecule has 0 radical (unpaired) electrons. The average molecular weight is 178 g/mol. The Balaban J connectivity index is 2.10. The first kappa shape index (κ1) is 8.35. The predicted octanol–water partition coefficient (Wildman–Crippen LogP) is 1.90. The molecule has 1 aliphatic carbocycles. The molecular weight excluding hydrogens is 164 g/mol. The van der Waals surface area contributed by atoms with Crippen LogP contribution in [0.5, 0.6) is 5.88 Å². The Morgan fingerprint density at radius 3 is 2.85 bits per heavy atom. The summed E-state index contributed by atoms with van der Waals surface area (Å²) >= 11 is 0. The van der Waals surface area contributed by atoms with Crippen LogP contribution in [-0.4, -0.2) is 11.1 Å². The SMILES string of the molecule is Cc1cnc(OC2CCC2)c(N)c1. The van der Waals surface area contributed by atoms with Gasteiger partial charge in [-0.1, -0.05) is 0 Å². The molecule has 0 bridgehead atoms. The summed E-state index contributed by atoms with van der Waals surface area (Å²) in [6.07, 6.45) is 5.66. The third kappa shape index (κ3) is 1.74. The number of anilines is 1. The molecule has 1 heterocycles. The van der Waals surface area contributed by atoms with Gasteiger partial charge >= 0.3 is 0 Å². The van der Waals surface area contributed by atoms with E-state index >= 15 is 0 Å². The van der Waals surface area contributed by atoms with E-state index in [1.165, 1.54) is 6.42 Å². The number of hydrogen-bond acceptors (Lipinski definition) is 3. The molecule has 3 heteroatoms. The zero-order valence-corrected chi connectivity index (χ0v) is 7.79. The Labute approximate surface area is 77.9 Å². The second-order valence-electron chi connectivity index (χ2n) is 3.58. The number of nitrogens with zero attached hydrogens (tertiary/aromatic N) is 1. The van der Waals surface area contributed by atoms with Crippen LogP contribution in [0.2, 0.25) is 0 Å². The van der Waals surface area contributed by atoms with Crippen molar-refractivity contribution in [1.29, 1.82) is 0 Å². The van der Waals surface area contributed by atoms with Crippen LogP contribution in [0.25, 0.3) is 0 Å². The average Bonchev–Trinajstić information content (AvgIpc) is 1.99. The summed E-state index contributed by atoms with van der Waals surface area (Å²) < 4.78 is 5.60. The minimum atomic E-state index is 0.345. The van der Waals surface area contributed by atoms with E-state index in [4.69, 9.17) is 10.5 Å². The number of nitrogen functional groups attached to an aromatic ring is 1. The van der Waals surface area contributed by atoms with Crippen molar-refractivity contribution in [3.63, 3.8) is 0 Å². The molecule has 0 aliphatic heterocycles. The highest BCUT2D eigenvalue weighted by Gasteiger charge is 2.20. The number of hydrogen-bond donors (Lipinski definition) is 1. The van der Waals surface area contributed by atoms with Gasteiger partial charge in [0.15, 0.2) is 0 Å². The number of aryl methyl sites for hydroxylation is 1. The van der Waals surface area contributed by atoms with Gasteiger partial charge in [-0.2, -0.15) is 0 Å². The van der Waals surface area contributed by atoms with Crippen LogP contribution >= 0.6 is 0 Å². The standard InChI is InChI=1S/C10H14N2O/c1-7-5-9(11)10(12-6-7)13-8-3-2-4-8/h5-6,8H,2-4,11H2,1H3. The van der Waals surface area contributed by atoms with Gasteiger partial charge in [0.1, 0.15) is 6.10 Å². The van der Waals surface area contributed by atoms with Gasteiger partial charge in [-0.3, -0.25) is 0 Å². The van der Waals surface area contributed by atoms with Gasteiger partial charge < -0.3 is 10.5 Å².